The lowest BCUT2D eigenvalue weighted by atomic mass is 10.0. The van der Waals surface area contributed by atoms with Crippen molar-refractivity contribution >= 4 is 5.69 Å². The van der Waals surface area contributed by atoms with Crippen LogP contribution in [0.3, 0.4) is 0 Å². The predicted molar refractivity (Wildman–Crippen MR) is 79.3 cm³/mol. The second-order valence-electron chi connectivity index (χ2n) is 6.31. The van der Waals surface area contributed by atoms with Crippen molar-refractivity contribution in [2.45, 2.75) is 58.2 Å². The second-order valence-corrected chi connectivity index (χ2v) is 6.31. The van der Waals surface area contributed by atoms with E-state index in [0.29, 0.717) is 6.04 Å². The summed E-state index contributed by atoms with van der Waals surface area (Å²) in [6.07, 6.45) is 9.31. The van der Waals surface area contributed by atoms with Gasteiger partial charge in [-0.15, -0.1) is 0 Å². The molecule has 1 N–H and O–H groups in total. The molecule has 3 rings (SSSR count). The molecule has 1 saturated heterocycles. The minimum absolute atomic E-state index is 0.696. The fourth-order valence-corrected chi connectivity index (χ4v) is 3.16. The van der Waals surface area contributed by atoms with Gasteiger partial charge in [0.15, 0.2) is 0 Å². The highest BCUT2D eigenvalue weighted by atomic mass is 15.2. The summed E-state index contributed by atoms with van der Waals surface area (Å²) in [5.74, 6) is 0.722. The lowest BCUT2D eigenvalue weighted by molar-refractivity contribution is 0.490. The van der Waals surface area contributed by atoms with E-state index in [9.17, 15) is 0 Å². The number of pyridine rings is 1. The van der Waals surface area contributed by atoms with Crippen LogP contribution in [0.15, 0.2) is 18.5 Å². The summed E-state index contributed by atoms with van der Waals surface area (Å²) >= 11 is 0. The monoisotopic (exact) mass is 259 g/mol. The Morgan fingerprint density at radius 1 is 1.37 bits per heavy atom. The summed E-state index contributed by atoms with van der Waals surface area (Å²) in [6.45, 7) is 6.84. The Morgan fingerprint density at radius 2 is 2.21 bits per heavy atom. The van der Waals surface area contributed by atoms with Gasteiger partial charge in [0.2, 0.25) is 0 Å². The molecule has 1 unspecified atom stereocenters. The van der Waals surface area contributed by atoms with Crippen molar-refractivity contribution in [2.24, 2.45) is 5.92 Å². The molecule has 1 aromatic heterocycles. The molecule has 1 aliphatic carbocycles. The number of nitrogens with zero attached hydrogens (tertiary/aromatic N) is 2. The van der Waals surface area contributed by atoms with Crippen molar-refractivity contribution in [3.8, 4) is 0 Å². The highest BCUT2D eigenvalue weighted by Gasteiger charge is 2.29. The maximum atomic E-state index is 4.32. The largest absolute Gasteiger partial charge is 0.368 e. The molecule has 0 radical (unpaired) electrons. The normalized spacial score (nSPS) is 23.3. The Hall–Kier alpha value is -1.09. The van der Waals surface area contributed by atoms with E-state index >= 15 is 0 Å². The average molecular weight is 259 g/mol. The van der Waals surface area contributed by atoms with Gasteiger partial charge in [0.25, 0.3) is 0 Å². The van der Waals surface area contributed by atoms with Gasteiger partial charge in [0.05, 0.1) is 0 Å². The zero-order valence-corrected chi connectivity index (χ0v) is 12.1. The third-order valence-electron chi connectivity index (χ3n) is 4.41. The van der Waals surface area contributed by atoms with E-state index in [0.717, 1.165) is 18.5 Å². The second kappa shape index (κ2) is 5.49. The van der Waals surface area contributed by atoms with Crippen LogP contribution in [0.2, 0.25) is 0 Å². The molecule has 2 aliphatic rings. The highest BCUT2D eigenvalue weighted by Crippen LogP contribution is 2.32. The maximum Gasteiger partial charge on any atom is 0.0445 e. The van der Waals surface area contributed by atoms with Crippen LogP contribution in [0.25, 0.3) is 0 Å². The molecule has 1 atom stereocenters. The lowest BCUT2D eigenvalue weighted by Gasteiger charge is -2.31. The van der Waals surface area contributed by atoms with E-state index in [4.69, 9.17) is 0 Å². The van der Waals surface area contributed by atoms with Gasteiger partial charge in [-0.3, -0.25) is 4.98 Å². The Labute approximate surface area is 116 Å². The summed E-state index contributed by atoms with van der Waals surface area (Å²) in [4.78, 5) is 6.93. The van der Waals surface area contributed by atoms with Crippen LogP contribution in [0, 0.1) is 5.92 Å². The van der Waals surface area contributed by atoms with Crippen LogP contribution in [0.1, 0.15) is 45.1 Å². The first-order chi connectivity index (χ1) is 9.25. The molecule has 1 saturated carbocycles. The molecule has 0 amide bonds. The zero-order valence-electron chi connectivity index (χ0n) is 12.1. The van der Waals surface area contributed by atoms with Gasteiger partial charge in [-0.1, -0.05) is 13.8 Å². The van der Waals surface area contributed by atoms with Gasteiger partial charge in [-0.25, -0.2) is 0 Å². The third-order valence-corrected chi connectivity index (χ3v) is 4.41. The molecule has 2 heterocycles. The zero-order chi connectivity index (χ0) is 13.2. The Kier molecular flexibility index (Phi) is 3.74. The van der Waals surface area contributed by atoms with Gasteiger partial charge in [-0.05, 0) is 37.7 Å². The number of hydrogen-bond acceptors (Lipinski definition) is 3. The summed E-state index contributed by atoms with van der Waals surface area (Å²) in [5, 5.41) is 3.61. The Bertz CT molecular complexity index is 426. The Morgan fingerprint density at radius 3 is 2.95 bits per heavy atom. The smallest absolute Gasteiger partial charge is 0.0445 e. The minimum atomic E-state index is 0.696. The van der Waals surface area contributed by atoms with Gasteiger partial charge < -0.3 is 10.2 Å². The Balaban J connectivity index is 1.78. The average Bonchev–Trinajstić information content (AvgIpc) is 3.11. The van der Waals surface area contributed by atoms with Crippen molar-refractivity contribution in [1.82, 2.24) is 10.3 Å². The summed E-state index contributed by atoms with van der Waals surface area (Å²) in [6, 6.07) is 3.65. The summed E-state index contributed by atoms with van der Waals surface area (Å²) in [5.41, 5.74) is 2.77. The van der Waals surface area contributed by atoms with E-state index in [1.807, 2.05) is 12.4 Å². The first-order valence-corrected chi connectivity index (χ1v) is 7.68. The number of anilines is 1. The molecular formula is C16H25N3. The molecule has 1 aliphatic heterocycles. The number of rotatable bonds is 5. The van der Waals surface area contributed by atoms with E-state index < -0.39 is 0 Å². The van der Waals surface area contributed by atoms with Crippen LogP contribution in [-0.2, 0) is 6.54 Å². The molecule has 2 fully saturated rings. The number of nitrogens with one attached hydrogen (secondary N) is 1. The van der Waals surface area contributed by atoms with Crippen LogP contribution in [-0.4, -0.2) is 23.6 Å². The summed E-state index contributed by atoms with van der Waals surface area (Å²) < 4.78 is 0. The van der Waals surface area contributed by atoms with Gasteiger partial charge in [0.1, 0.15) is 0 Å². The van der Waals surface area contributed by atoms with E-state index in [1.165, 1.54) is 43.5 Å². The van der Waals surface area contributed by atoms with E-state index in [2.05, 4.69) is 35.1 Å². The highest BCUT2D eigenvalue weighted by molar-refractivity contribution is 5.54. The number of hydrogen-bond donors (Lipinski definition) is 1. The molecule has 0 spiro atoms. The molecule has 0 bridgehead atoms. The van der Waals surface area contributed by atoms with Crippen molar-refractivity contribution < 1.29 is 0 Å². The summed E-state index contributed by atoms with van der Waals surface area (Å²) in [7, 11) is 0. The molecule has 0 aromatic carbocycles. The van der Waals surface area contributed by atoms with E-state index in [-0.39, 0.29) is 0 Å². The lowest BCUT2D eigenvalue weighted by Crippen LogP contribution is -2.34. The maximum absolute atomic E-state index is 4.32. The van der Waals surface area contributed by atoms with Crippen molar-refractivity contribution in [3.05, 3.63) is 24.0 Å². The fourth-order valence-electron chi connectivity index (χ4n) is 3.16. The minimum Gasteiger partial charge on any atom is -0.368 e. The quantitative estimate of drug-likeness (QED) is 0.881. The van der Waals surface area contributed by atoms with Crippen molar-refractivity contribution in [2.75, 3.05) is 11.4 Å². The molecule has 1 aromatic rings. The SMILES string of the molecule is CC(C)C1CCCN1c1ccncc1CNC1CC1. The topological polar surface area (TPSA) is 28.2 Å². The molecular weight excluding hydrogens is 234 g/mol. The van der Waals surface area contributed by atoms with Crippen LogP contribution >= 0.6 is 0 Å². The third kappa shape index (κ3) is 2.92. The molecule has 3 heteroatoms. The van der Waals surface area contributed by atoms with Crippen LogP contribution in [0.4, 0.5) is 5.69 Å². The van der Waals surface area contributed by atoms with E-state index in [1.54, 1.807) is 0 Å². The van der Waals surface area contributed by atoms with Gasteiger partial charge in [-0.2, -0.15) is 0 Å². The standard InChI is InChI=1S/C16H25N3/c1-12(2)15-4-3-9-19(15)16-7-8-17-10-13(16)11-18-14-5-6-14/h7-8,10,12,14-15,18H,3-6,9,11H2,1-2H3. The molecule has 104 valence electrons. The van der Waals surface area contributed by atoms with Gasteiger partial charge in [0, 0.05) is 48.8 Å². The molecule has 19 heavy (non-hydrogen) atoms. The fraction of sp³-hybridized carbons (Fsp3) is 0.688. The van der Waals surface area contributed by atoms with Crippen LogP contribution < -0.4 is 10.2 Å². The first kappa shape index (κ1) is 12.9. The molecule has 3 nitrogen and oxygen atoms in total. The first-order valence-electron chi connectivity index (χ1n) is 7.68. The van der Waals surface area contributed by atoms with Crippen molar-refractivity contribution in [1.29, 1.82) is 0 Å². The van der Waals surface area contributed by atoms with Gasteiger partial charge >= 0.3 is 0 Å². The van der Waals surface area contributed by atoms with Crippen molar-refractivity contribution in [3.63, 3.8) is 0 Å². The number of aromatic nitrogens is 1. The van der Waals surface area contributed by atoms with Crippen LogP contribution in [0.5, 0.6) is 0 Å². The predicted octanol–water partition coefficient (Wildman–Crippen LogP) is 2.96.